The van der Waals surface area contributed by atoms with E-state index in [-0.39, 0.29) is 71.5 Å². The van der Waals surface area contributed by atoms with Crippen LogP contribution in [-0.2, 0) is 47.8 Å². The Morgan fingerprint density at radius 3 is 1.22 bits per heavy atom. The number of amides is 4. The monoisotopic (exact) mass is 1560 g/mol. The number of pyridine rings is 2. The number of halogens is 8. The molecule has 4 aliphatic heterocycles. The molecule has 6 aromatic heterocycles. The van der Waals surface area contributed by atoms with Gasteiger partial charge >= 0.3 is 12.4 Å². The summed E-state index contributed by atoms with van der Waals surface area (Å²) in [4.78, 5) is 69.5. The molecule has 10 heterocycles. The predicted octanol–water partition coefficient (Wildman–Crippen LogP) is 12.6. The molecule has 4 amide bonds. The number of β-amino-alcohol motifs (C(OH)–C–C–N with tert-alkyl or cyclic N) is 4. The maximum Gasteiger partial charge on any atom is 0.417 e. The third kappa shape index (κ3) is 20.9. The number of carbonyl (C=O) groups excluding carboxylic acids is 4. The molecule has 0 unspecified atom stereocenters. The van der Waals surface area contributed by atoms with Gasteiger partial charge in [0, 0.05) is 137 Å². The lowest BCUT2D eigenvalue weighted by Gasteiger charge is -2.25. The smallest absolute Gasteiger partial charge is 0.391 e. The lowest BCUT2D eigenvalue weighted by molar-refractivity contribution is -0.138. The molecule has 3 aromatic carbocycles. The largest absolute Gasteiger partial charge is 0.417 e. The highest BCUT2D eigenvalue weighted by molar-refractivity contribution is 7.10. The number of nitrogens with one attached hydrogen (secondary N) is 4. The van der Waals surface area contributed by atoms with Crippen molar-refractivity contribution in [2.45, 2.75) is 165 Å². The summed E-state index contributed by atoms with van der Waals surface area (Å²) in [6.07, 6.45) is -9.35. The summed E-state index contributed by atoms with van der Waals surface area (Å²) in [6, 6.07) is 30.4. The molecule has 4 saturated heterocycles. The third-order valence-corrected chi connectivity index (χ3v) is 18.8. The fourth-order valence-corrected chi connectivity index (χ4v) is 12.7. The molecule has 0 bridgehead atoms. The van der Waals surface area contributed by atoms with Crippen molar-refractivity contribution in [1.82, 2.24) is 34.8 Å². The molecular formula is C73H81Cl2F6N15O11S. The van der Waals surface area contributed by atoms with Crippen molar-refractivity contribution in [2.75, 3.05) is 67.0 Å². The Morgan fingerprint density at radius 2 is 0.861 bits per heavy atom. The molecule has 0 spiro atoms. The number of anilines is 8. The van der Waals surface area contributed by atoms with Crippen LogP contribution in [0.25, 0.3) is 11.4 Å². The highest BCUT2D eigenvalue weighted by Gasteiger charge is 2.42. The summed E-state index contributed by atoms with van der Waals surface area (Å²) < 4.78 is 96.3. The number of hydrogen-bond acceptors (Lipinski definition) is 23. The van der Waals surface area contributed by atoms with E-state index in [4.69, 9.17) is 36.8 Å². The number of alkyl halides is 6. The van der Waals surface area contributed by atoms with Gasteiger partial charge in [0.2, 0.25) is 40.5 Å². The minimum Gasteiger partial charge on any atom is -0.391 e. The normalized spacial score (nSPS) is 20.2. The maximum absolute atomic E-state index is 12.8. The van der Waals surface area contributed by atoms with E-state index in [0.717, 1.165) is 46.3 Å². The van der Waals surface area contributed by atoms with Crippen LogP contribution in [0.4, 0.5) is 72.1 Å². The van der Waals surface area contributed by atoms with Crippen LogP contribution in [0.5, 0.6) is 0 Å². The highest BCUT2D eigenvalue weighted by Crippen LogP contribution is 2.37. The van der Waals surface area contributed by atoms with Gasteiger partial charge in [0.15, 0.2) is 11.6 Å². The average Bonchev–Trinajstić information content (AvgIpc) is 1.64. The van der Waals surface area contributed by atoms with Crippen LogP contribution in [0, 0.1) is 0 Å². The van der Waals surface area contributed by atoms with Crippen LogP contribution in [0.15, 0.2) is 147 Å². The van der Waals surface area contributed by atoms with E-state index < -0.39 is 83.9 Å². The second-order valence-corrected chi connectivity index (χ2v) is 30.8. The first kappa shape index (κ1) is 80.8. The first-order valence-corrected chi connectivity index (χ1v) is 35.7. The number of rotatable bonds is 13. The zero-order valence-electron chi connectivity index (χ0n) is 60.0. The van der Waals surface area contributed by atoms with Gasteiger partial charge in [0.05, 0.1) is 46.9 Å². The van der Waals surface area contributed by atoms with Gasteiger partial charge in [-0.25, -0.2) is 9.97 Å². The summed E-state index contributed by atoms with van der Waals surface area (Å²) >= 11 is 12.9. The van der Waals surface area contributed by atoms with Gasteiger partial charge in [-0.2, -0.15) is 35.7 Å². The third-order valence-electron chi connectivity index (χ3n) is 17.6. The Morgan fingerprint density at radius 1 is 0.472 bits per heavy atom. The van der Waals surface area contributed by atoms with Gasteiger partial charge in [-0.15, -0.1) is 0 Å². The molecular weight excluding hydrogens is 1480 g/mol. The van der Waals surface area contributed by atoms with Crippen molar-refractivity contribution in [2.24, 2.45) is 0 Å². The Bertz CT molecular complexity index is 4390. The van der Waals surface area contributed by atoms with E-state index in [2.05, 4.69) is 56.1 Å². The molecule has 8 N–H and O–H groups in total. The van der Waals surface area contributed by atoms with Gasteiger partial charge in [-0.1, -0.05) is 131 Å². The zero-order chi connectivity index (χ0) is 78.4. The van der Waals surface area contributed by atoms with Gasteiger partial charge < -0.3 is 58.9 Å². The first-order chi connectivity index (χ1) is 50.7. The van der Waals surface area contributed by atoms with E-state index in [1.165, 1.54) is 21.9 Å². The molecule has 26 nitrogen and oxygen atoms in total. The fourth-order valence-electron chi connectivity index (χ4n) is 11.9. The van der Waals surface area contributed by atoms with Crippen molar-refractivity contribution < 1.29 is 79.5 Å². The van der Waals surface area contributed by atoms with E-state index in [1.54, 1.807) is 42.5 Å². The predicted molar refractivity (Wildman–Crippen MR) is 394 cm³/mol. The number of nitrogens with zero attached hydrogens (tertiary/aromatic N) is 11. The van der Waals surface area contributed by atoms with E-state index in [9.17, 15) is 65.9 Å². The molecule has 4 fully saturated rings. The number of hydrogen-bond donors (Lipinski definition) is 8. The molecule has 0 aliphatic carbocycles. The Hall–Kier alpha value is -9.77. The van der Waals surface area contributed by atoms with Crippen LogP contribution in [-0.4, -0.2) is 154 Å². The van der Waals surface area contributed by atoms with Crippen molar-refractivity contribution in [3.05, 3.63) is 172 Å². The second kappa shape index (κ2) is 33.4. The minimum absolute atomic E-state index is 0.0834. The molecule has 8 atom stereocenters. The van der Waals surface area contributed by atoms with Crippen LogP contribution < -0.4 is 40.9 Å². The van der Waals surface area contributed by atoms with Crippen LogP contribution in [0.3, 0.4) is 0 Å². The molecule has 0 radical (unpaired) electrons. The van der Waals surface area contributed by atoms with Gasteiger partial charge in [0.25, 0.3) is 0 Å². The number of aliphatic hydroxyl groups is 4. The summed E-state index contributed by atoms with van der Waals surface area (Å²) in [6.45, 7) is 18.9. The van der Waals surface area contributed by atoms with E-state index >= 15 is 0 Å². The van der Waals surface area contributed by atoms with Crippen LogP contribution >= 0.6 is 34.7 Å². The lowest BCUT2D eigenvalue weighted by Crippen LogP contribution is -2.40. The Kier molecular flexibility index (Phi) is 25.0. The molecule has 576 valence electrons. The van der Waals surface area contributed by atoms with Crippen molar-refractivity contribution in [3.8, 4) is 11.4 Å². The lowest BCUT2D eigenvalue weighted by atomic mass is 9.92. The van der Waals surface area contributed by atoms with Crippen LogP contribution in [0.1, 0.15) is 116 Å². The fraction of sp³-hybridized carbons (Fsp3) is 0.411. The molecule has 13 rings (SSSR count). The molecule has 4 aliphatic rings. The summed E-state index contributed by atoms with van der Waals surface area (Å²) in [5.41, 5.74) is 1.56. The number of carbonyl (C=O) groups is 4. The number of aromatic nitrogens is 7. The molecule has 108 heavy (non-hydrogen) atoms. The van der Waals surface area contributed by atoms with E-state index in [0.29, 0.717) is 82.5 Å². The molecule has 35 heteroatoms. The van der Waals surface area contributed by atoms with Crippen LogP contribution in [0.2, 0.25) is 10.0 Å². The minimum atomic E-state index is -4.50. The summed E-state index contributed by atoms with van der Waals surface area (Å²) in [5.74, 6) is 1.03. The summed E-state index contributed by atoms with van der Waals surface area (Å²) in [5, 5.41) is 64.3. The molecule has 9 aromatic rings. The summed E-state index contributed by atoms with van der Waals surface area (Å²) in [7, 11) is 0. The SMILES string of the molecule is CC(C)(C)c1cc(NC(=O)[C@@H]2C[C@@H](O)CN2c2ccc(C(F)(F)F)cn2)on1.CC(C)(C)c1cc(NC(=O)[C@@H]2C[C@@H](O)CN2c2ccc(Cl)cc2)no1.CC(C)(C)c1cc(NC(=O)[C@@H]2C[C@@H](O)CN2c2ccc(Cl)cc2)on1.O=C(Nc1nc(-c2ccccc2)ns1)[C@@H]1C[C@H](O)CN1c1ccc(C(F)(F)F)cn1. The second-order valence-electron chi connectivity index (χ2n) is 29.2. The van der Waals surface area contributed by atoms with Crippen molar-refractivity contribution in [3.63, 3.8) is 0 Å². The van der Waals surface area contributed by atoms with Crippen molar-refractivity contribution >= 4 is 104 Å². The number of aliphatic hydroxyl groups excluding tert-OH is 4. The zero-order valence-corrected chi connectivity index (χ0v) is 62.3. The van der Waals surface area contributed by atoms with Crippen molar-refractivity contribution in [1.29, 1.82) is 0 Å². The molecule has 0 saturated carbocycles. The quantitative estimate of drug-likeness (QED) is 0.0497. The average molecular weight is 1560 g/mol. The van der Waals surface area contributed by atoms with E-state index in [1.807, 2.05) is 127 Å². The topological polar surface area (TPSA) is 340 Å². The van der Waals surface area contributed by atoms with Gasteiger partial charge in [-0.05, 0) is 72.8 Å². The van der Waals surface area contributed by atoms with Gasteiger partial charge in [-0.3, -0.25) is 35.1 Å². The first-order valence-electron chi connectivity index (χ1n) is 34.1. The van der Waals surface area contributed by atoms with Gasteiger partial charge in [0.1, 0.15) is 41.6 Å². The number of benzene rings is 3. The Balaban J connectivity index is 0.000000154. The maximum atomic E-state index is 12.8. The highest BCUT2D eigenvalue weighted by atomic mass is 35.5. The Labute approximate surface area is 631 Å². The standard InChI is InChI=1S/C19H16F3N5O2S.2C18H22ClN3O3.C18H21F3N4O3/c20-19(21,22)12-6-7-15(23-9-12)27-10-13(28)8-14(27)17(29)25-18-24-16(26-30-18)11-4-2-1-3-5-11;1-18(2,3)15-9-16(21-25-15)20-17(24)14-8-13(23)10-22(14)12-6-4-11(19)5-7-12;1-18(2,3)15-9-16(25-21-15)20-17(24)14-8-13(23)10-22(14)12-6-4-11(19)5-7-12;1-17(2,3)13-7-15(28-24-13)23-16(27)12-6-11(26)9-25(12)14-5-4-10(8-22-14)18(19,20)21/h1-7,9,13-14,28H,8,10H2,(H,24,25,26,29);4-7,9,13-14,23H,8,10H2,1-3H3,(H,20,21,24);4-7,9,13-14,23H,8,10H2,1-3H3,(H,20,24);4-5,7-8,11-12,26H,6,9H2,1-3H3,(H,23,27)/t13-,14-;2*13-,14+;11-,12+/m0111/s1.